The van der Waals surface area contributed by atoms with Gasteiger partial charge in [0, 0.05) is 12.6 Å². The zero-order chi connectivity index (χ0) is 7.98. The molecule has 0 saturated heterocycles. The van der Waals surface area contributed by atoms with Gasteiger partial charge in [-0.1, -0.05) is 6.58 Å². The van der Waals surface area contributed by atoms with E-state index in [4.69, 9.17) is 5.73 Å². The molecule has 0 aliphatic rings. The van der Waals surface area contributed by atoms with Crippen LogP contribution in [0.25, 0.3) is 0 Å². The summed E-state index contributed by atoms with van der Waals surface area (Å²) in [6.45, 7) is 3.17. The van der Waals surface area contributed by atoms with Crippen molar-refractivity contribution in [2.24, 2.45) is 5.73 Å². The molecule has 56 valence electrons. The van der Waals surface area contributed by atoms with Crippen LogP contribution in [0.4, 0.5) is 8.78 Å². The Labute approximate surface area is 58.5 Å². The molecule has 0 unspecified atom stereocenters. The van der Waals surface area contributed by atoms with Crippen LogP contribution in [0, 0.1) is 0 Å². The predicted molar refractivity (Wildman–Crippen MR) is 37.6 cm³/mol. The molecule has 0 aliphatic heterocycles. The standard InChI is InChI=1S/C7H9F2N/c1-2-6(8)5-7(9)3-4-10/h2-3,5H,1,4,10H2/b6-5+,7-3+. The van der Waals surface area contributed by atoms with Crippen molar-refractivity contribution in [3.8, 4) is 0 Å². The quantitative estimate of drug-likeness (QED) is 0.602. The smallest absolute Gasteiger partial charge is 0.125 e. The van der Waals surface area contributed by atoms with Crippen LogP contribution in [0.5, 0.6) is 0 Å². The highest BCUT2D eigenvalue weighted by atomic mass is 19.1. The van der Waals surface area contributed by atoms with Gasteiger partial charge in [0.25, 0.3) is 0 Å². The van der Waals surface area contributed by atoms with Gasteiger partial charge in [-0.05, 0) is 12.2 Å². The van der Waals surface area contributed by atoms with Gasteiger partial charge in [0.15, 0.2) is 0 Å². The SMILES string of the molecule is C=C/C(F)=C\C(F)=C/CN. The third-order valence-electron chi connectivity index (χ3n) is 0.784. The van der Waals surface area contributed by atoms with Crippen molar-refractivity contribution in [2.45, 2.75) is 0 Å². The van der Waals surface area contributed by atoms with Gasteiger partial charge >= 0.3 is 0 Å². The lowest BCUT2D eigenvalue weighted by Gasteiger charge is -1.85. The second-order valence-corrected chi connectivity index (χ2v) is 1.56. The highest BCUT2D eigenvalue weighted by molar-refractivity contribution is 5.20. The van der Waals surface area contributed by atoms with Crippen LogP contribution in [0.15, 0.2) is 36.5 Å². The Morgan fingerprint density at radius 3 is 2.40 bits per heavy atom. The molecule has 1 nitrogen and oxygen atoms in total. The molecular formula is C7H9F2N. The van der Waals surface area contributed by atoms with Gasteiger partial charge in [0.2, 0.25) is 0 Å². The highest BCUT2D eigenvalue weighted by Crippen LogP contribution is 2.04. The molecule has 0 aromatic carbocycles. The van der Waals surface area contributed by atoms with Crippen LogP contribution in [0.1, 0.15) is 0 Å². The molecule has 0 radical (unpaired) electrons. The molecule has 0 heterocycles. The molecule has 0 fully saturated rings. The largest absolute Gasteiger partial charge is 0.327 e. The van der Waals surface area contributed by atoms with Gasteiger partial charge in [0.05, 0.1) is 0 Å². The molecule has 0 aromatic rings. The van der Waals surface area contributed by atoms with Crippen LogP contribution in [0.2, 0.25) is 0 Å². The fourth-order valence-corrected chi connectivity index (χ4v) is 0.362. The Morgan fingerprint density at radius 1 is 1.40 bits per heavy atom. The summed E-state index contributed by atoms with van der Waals surface area (Å²) in [4.78, 5) is 0. The average Bonchev–Trinajstić information content (AvgIpc) is 1.88. The molecular weight excluding hydrogens is 136 g/mol. The molecule has 10 heavy (non-hydrogen) atoms. The molecule has 0 aromatic heterocycles. The van der Waals surface area contributed by atoms with Crippen LogP contribution >= 0.6 is 0 Å². The summed E-state index contributed by atoms with van der Waals surface area (Å²) in [5.74, 6) is -1.39. The van der Waals surface area contributed by atoms with Gasteiger partial charge in [-0.2, -0.15) is 0 Å². The summed E-state index contributed by atoms with van der Waals surface area (Å²) < 4.78 is 24.4. The number of nitrogens with two attached hydrogens (primary N) is 1. The maximum atomic E-state index is 12.3. The molecule has 2 N–H and O–H groups in total. The monoisotopic (exact) mass is 145 g/mol. The third-order valence-corrected chi connectivity index (χ3v) is 0.784. The van der Waals surface area contributed by atoms with Gasteiger partial charge in [-0.3, -0.25) is 0 Å². The van der Waals surface area contributed by atoms with E-state index in [0.29, 0.717) is 0 Å². The number of hydrogen-bond donors (Lipinski definition) is 1. The minimum Gasteiger partial charge on any atom is -0.327 e. The molecule has 0 amide bonds. The molecule has 0 rings (SSSR count). The Balaban J connectivity index is 4.11. The van der Waals surface area contributed by atoms with Crippen molar-refractivity contribution in [2.75, 3.05) is 6.54 Å². The lowest BCUT2D eigenvalue weighted by atomic mass is 10.4. The molecule has 0 saturated carbocycles. The zero-order valence-electron chi connectivity index (χ0n) is 5.48. The predicted octanol–water partition coefficient (Wildman–Crippen LogP) is 1.84. The maximum absolute atomic E-state index is 12.3. The normalized spacial score (nSPS) is 13.5. The number of halogens is 2. The summed E-state index contributed by atoms with van der Waals surface area (Å²) in [7, 11) is 0. The molecule has 3 heteroatoms. The summed E-state index contributed by atoms with van der Waals surface area (Å²) in [6, 6.07) is 0. The van der Waals surface area contributed by atoms with Crippen LogP contribution < -0.4 is 5.73 Å². The first-order valence-corrected chi connectivity index (χ1v) is 2.76. The third kappa shape index (κ3) is 3.97. The molecule has 0 aliphatic carbocycles. The topological polar surface area (TPSA) is 26.0 Å². The van der Waals surface area contributed by atoms with Gasteiger partial charge < -0.3 is 5.73 Å². The van der Waals surface area contributed by atoms with E-state index in [2.05, 4.69) is 6.58 Å². The minimum atomic E-state index is -0.706. The lowest BCUT2D eigenvalue weighted by molar-refractivity contribution is 0.629. The second kappa shape index (κ2) is 4.88. The van der Waals surface area contributed by atoms with Gasteiger partial charge in [-0.15, -0.1) is 0 Å². The Kier molecular flexibility index (Phi) is 4.41. The van der Waals surface area contributed by atoms with Gasteiger partial charge in [-0.25, -0.2) is 8.78 Å². The van der Waals surface area contributed by atoms with E-state index < -0.39 is 11.7 Å². The van der Waals surface area contributed by atoms with Crippen molar-refractivity contribution in [3.63, 3.8) is 0 Å². The summed E-state index contributed by atoms with van der Waals surface area (Å²) in [5, 5.41) is 0. The van der Waals surface area contributed by atoms with Crippen molar-refractivity contribution in [1.29, 1.82) is 0 Å². The van der Waals surface area contributed by atoms with E-state index >= 15 is 0 Å². The van der Waals surface area contributed by atoms with E-state index in [1.54, 1.807) is 0 Å². The first-order valence-electron chi connectivity index (χ1n) is 2.76. The Morgan fingerprint density at radius 2 is 2.00 bits per heavy atom. The summed E-state index contributed by atoms with van der Waals surface area (Å²) in [5.41, 5.74) is 4.95. The fourth-order valence-electron chi connectivity index (χ4n) is 0.362. The second-order valence-electron chi connectivity index (χ2n) is 1.56. The van der Waals surface area contributed by atoms with Crippen molar-refractivity contribution in [3.05, 3.63) is 36.5 Å². The van der Waals surface area contributed by atoms with Crippen LogP contribution in [0.3, 0.4) is 0 Å². The zero-order valence-corrected chi connectivity index (χ0v) is 5.48. The van der Waals surface area contributed by atoms with Crippen molar-refractivity contribution >= 4 is 0 Å². The van der Waals surface area contributed by atoms with Crippen molar-refractivity contribution < 1.29 is 8.78 Å². The molecule has 0 atom stereocenters. The summed E-state index contributed by atoms with van der Waals surface area (Å²) in [6.07, 6.45) is 2.72. The molecule has 0 bridgehead atoms. The van der Waals surface area contributed by atoms with E-state index in [-0.39, 0.29) is 6.54 Å². The highest BCUT2D eigenvalue weighted by Gasteiger charge is 1.89. The first-order chi connectivity index (χ1) is 4.70. The lowest BCUT2D eigenvalue weighted by Crippen LogP contribution is -1.93. The van der Waals surface area contributed by atoms with Crippen LogP contribution in [-0.4, -0.2) is 6.54 Å². The first kappa shape index (κ1) is 9.04. The minimum absolute atomic E-state index is 0.0623. The maximum Gasteiger partial charge on any atom is 0.125 e. The van der Waals surface area contributed by atoms with Crippen molar-refractivity contribution in [1.82, 2.24) is 0 Å². The molecule has 0 spiro atoms. The fraction of sp³-hybridized carbons (Fsp3) is 0.143. The number of hydrogen-bond acceptors (Lipinski definition) is 1. The Hall–Kier alpha value is -0.960. The number of allylic oxidation sites excluding steroid dienone is 4. The van der Waals surface area contributed by atoms with Crippen LogP contribution in [-0.2, 0) is 0 Å². The number of rotatable bonds is 3. The Bertz CT molecular complexity index is 170. The van der Waals surface area contributed by atoms with E-state index in [1.807, 2.05) is 0 Å². The van der Waals surface area contributed by atoms with E-state index in [9.17, 15) is 8.78 Å². The summed E-state index contributed by atoms with van der Waals surface area (Å²) >= 11 is 0. The average molecular weight is 145 g/mol. The van der Waals surface area contributed by atoms with Gasteiger partial charge in [0.1, 0.15) is 11.7 Å². The van der Waals surface area contributed by atoms with E-state index in [1.165, 1.54) is 0 Å². The van der Waals surface area contributed by atoms with E-state index in [0.717, 1.165) is 18.2 Å².